The molecule has 10 nitrogen and oxygen atoms in total. The van der Waals surface area contributed by atoms with Crippen LogP contribution in [0, 0.1) is 6.92 Å². The fraction of sp³-hybridized carbons (Fsp3) is 0.636. The summed E-state index contributed by atoms with van der Waals surface area (Å²) < 4.78 is 6.95. The van der Waals surface area contributed by atoms with E-state index in [9.17, 15) is 9.59 Å². The largest absolute Gasteiger partial charge is 0.354 e. The van der Waals surface area contributed by atoms with Crippen molar-refractivity contribution in [2.45, 2.75) is 38.1 Å². The van der Waals surface area contributed by atoms with Crippen molar-refractivity contribution in [3.63, 3.8) is 0 Å². The number of rotatable bonds is 5. The molecule has 2 heterocycles. The summed E-state index contributed by atoms with van der Waals surface area (Å²) in [6.45, 7) is 1.57. The smallest absolute Gasteiger partial charge is 0.330 e. The normalized spacial score (nSPS) is 23.4. The highest BCUT2D eigenvalue weighted by atomic mass is 31.2. The summed E-state index contributed by atoms with van der Waals surface area (Å²) >= 11 is 0. The van der Waals surface area contributed by atoms with E-state index in [0.29, 0.717) is 12.0 Å². The third-order valence-corrected chi connectivity index (χ3v) is 4.13. The number of aromatic amines is 1. The van der Waals surface area contributed by atoms with Crippen molar-refractivity contribution in [2.24, 2.45) is 5.11 Å². The molecule has 1 fully saturated rings. The minimum Gasteiger partial charge on any atom is -0.354 e. The Morgan fingerprint density at radius 2 is 2.26 bits per heavy atom. The molecular formula is C11H16BN5O5P. The lowest BCUT2D eigenvalue weighted by Crippen LogP contribution is -2.33. The molecule has 1 aromatic heterocycles. The topological polar surface area (TPSA) is 153 Å². The average molecular weight is 340 g/mol. The maximum absolute atomic E-state index is 11.9. The standard InChI is InChI=1S/C11H16N5O5P.B/c1-6-5-16(11(18)13-10(6)17)9-4-7(14-15-12)8(21-9)2-3-22(19)20;/h5,7-9,19-20H,2-4H2,1H3,(H,13,17,18);/t7-,8+,9+;/m0./s1. The van der Waals surface area contributed by atoms with Gasteiger partial charge >= 0.3 is 5.69 Å². The van der Waals surface area contributed by atoms with Crippen LogP contribution in [0.5, 0.6) is 0 Å². The summed E-state index contributed by atoms with van der Waals surface area (Å²) in [6, 6.07) is -0.510. The maximum atomic E-state index is 11.9. The van der Waals surface area contributed by atoms with E-state index in [1.807, 2.05) is 0 Å². The maximum Gasteiger partial charge on any atom is 0.330 e. The number of H-pyrrole nitrogens is 1. The second kappa shape index (κ2) is 8.28. The minimum absolute atomic E-state index is 0. The number of ether oxygens (including phenoxy) is 1. The summed E-state index contributed by atoms with van der Waals surface area (Å²) in [5.41, 5.74) is 7.90. The lowest BCUT2D eigenvalue weighted by atomic mass is 10.1. The number of hydrogen-bond donors (Lipinski definition) is 3. The molecule has 0 spiro atoms. The van der Waals surface area contributed by atoms with Crippen molar-refractivity contribution in [3.8, 4) is 0 Å². The zero-order chi connectivity index (χ0) is 16.3. The van der Waals surface area contributed by atoms with Gasteiger partial charge in [-0.2, -0.15) is 0 Å². The van der Waals surface area contributed by atoms with Gasteiger partial charge in [0.2, 0.25) is 0 Å². The molecule has 3 atom stereocenters. The van der Waals surface area contributed by atoms with E-state index in [-0.39, 0.29) is 21.0 Å². The molecule has 0 aliphatic carbocycles. The Morgan fingerprint density at radius 3 is 2.87 bits per heavy atom. The molecule has 2 rings (SSSR count). The number of aryl methyl sites for hydroxylation is 1. The first-order chi connectivity index (χ1) is 10.4. The van der Waals surface area contributed by atoms with Crippen LogP contribution in [0.1, 0.15) is 24.6 Å². The quantitative estimate of drug-likeness (QED) is 0.228. The van der Waals surface area contributed by atoms with Crippen molar-refractivity contribution in [1.82, 2.24) is 9.55 Å². The van der Waals surface area contributed by atoms with E-state index in [1.165, 1.54) is 10.8 Å². The van der Waals surface area contributed by atoms with E-state index < -0.39 is 38.0 Å². The van der Waals surface area contributed by atoms with Crippen LogP contribution in [-0.2, 0) is 4.74 Å². The third-order valence-electron chi connectivity index (χ3n) is 3.47. The van der Waals surface area contributed by atoms with Crippen LogP contribution in [0.3, 0.4) is 0 Å². The Bertz CT molecular complexity index is 701. The van der Waals surface area contributed by atoms with Gasteiger partial charge in [0.1, 0.15) is 6.23 Å². The summed E-state index contributed by atoms with van der Waals surface area (Å²) in [4.78, 5) is 46.2. The molecule has 3 N–H and O–H groups in total. The summed E-state index contributed by atoms with van der Waals surface area (Å²) in [7, 11) is -2.06. The van der Waals surface area contributed by atoms with Crippen LogP contribution < -0.4 is 11.2 Å². The molecule has 12 heteroatoms. The van der Waals surface area contributed by atoms with Crippen molar-refractivity contribution in [1.29, 1.82) is 0 Å². The first kappa shape index (κ1) is 19.4. The number of hydrogen-bond acceptors (Lipinski definition) is 6. The lowest BCUT2D eigenvalue weighted by molar-refractivity contribution is -0.00405. The fourth-order valence-electron chi connectivity index (χ4n) is 2.38. The molecular weight excluding hydrogens is 324 g/mol. The molecule has 0 aromatic carbocycles. The third kappa shape index (κ3) is 4.67. The molecule has 0 unspecified atom stereocenters. The van der Waals surface area contributed by atoms with Gasteiger partial charge < -0.3 is 14.5 Å². The molecule has 1 aliphatic rings. The lowest BCUT2D eigenvalue weighted by Gasteiger charge is -2.16. The van der Waals surface area contributed by atoms with Crippen molar-refractivity contribution in [2.75, 3.05) is 6.16 Å². The molecule has 1 aromatic rings. The first-order valence-corrected chi connectivity index (χ1v) is 8.02. The predicted molar refractivity (Wildman–Crippen MR) is 84.1 cm³/mol. The Hall–Kier alpha value is -1.64. The van der Waals surface area contributed by atoms with Crippen molar-refractivity contribution < 1.29 is 14.5 Å². The van der Waals surface area contributed by atoms with Crippen LogP contribution in [-0.4, -0.2) is 46.1 Å². The molecule has 3 radical (unpaired) electrons. The SMILES string of the molecule is Cc1cn([C@H]2C[C@H](N=[N+]=[N-])[C@@H](CCP(O)O)O2)c(=O)[nH]c1=O.[B]. The van der Waals surface area contributed by atoms with Crippen LogP contribution in [0.15, 0.2) is 20.9 Å². The minimum atomic E-state index is -2.06. The monoisotopic (exact) mass is 340 g/mol. The Balaban J connectivity index is 0.00000264. The van der Waals surface area contributed by atoms with Crippen LogP contribution in [0.25, 0.3) is 10.4 Å². The Morgan fingerprint density at radius 1 is 1.57 bits per heavy atom. The summed E-state index contributed by atoms with van der Waals surface area (Å²) in [5.74, 6) is 0. The number of nitrogens with zero attached hydrogens (tertiary/aromatic N) is 4. The Labute approximate surface area is 134 Å². The molecule has 1 aliphatic heterocycles. The second-order valence-corrected chi connectivity index (χ2v) is 6.19. The molecule has 0 bridgehead atoms. The molecule has 23 heavy (non-hydrogen) atoms. The van der Waals surface area contributed by atoms with Crippen molar-refractivity contribution >= 4 is 16.8 Å². The number of azide groups is 1. The first-order valence-electron chi connectivity index (χ1n) is 6.59. The number of aromatic nitrogens is 2. The van der Waals surface area contributed by atoms with Gasteiger partial charge in [0.25, 0.3) is 5.56 Å². The molecule has 0 amide bonds. The van der Waals surface area contributed by atoms with Gasteiger partial charge in [-0.25, -0.2) is 4.79 Å². The molecule has 1 saturated heterocycles. The highest BCUT2D eigenvalue weighted by Gasteiger charge is 2.36. The van der Waals surface area contributed by atoms with Gasteiger partial charge in [-0.3, -0.25) is 14.3 Å². The fourth-order valence-corrected chi connectivity index (χ4v) is 2.86. The summed E-state index contributed by atoms with van der Waals surface area (Å²) in [5, 5.41) is 3.64. The molecule has 0 saturated carbocycles. The van der Waals surface area contributed by atoms with E-state index >= 15 is 0 Å². The van der Waals surface area contributed by atoms with Gasteiger partial charge in [0, 0.05) is 37.7 Å². The van der Waals surface area contributed by atoms with Crippen LogP contribution in [0.4, 0.5) is 0 Å². The summed E-state index contributed by atoms with van der Waals surface area (Å²) in [6.07, 6.45) is 0.914. The van der Waals surface area contributed by atoms with Crippen LogP contribution in [0.2, 0.25) is 0 Å². The van der Waals surface area contributed by atoms with Gasteiger partial charge in [-0.05, 0) is 18.9 Å². The van der Waals surface area contributed by atoms with E-state index in [1.54, 1.807) is 6.92 Å². The van der Waals surface area contributed by atoms with E-state index in [2.05, 4.69) is 15.0 Å². The predicted octanol–water partition coefficient (Wildman–Crippen LogP) is 0.117. The van der Waals surface area contributed by atoms with E-state index in [0.717, 1.165) is 0 Å². The van der Waals surface area contributed by atoms with E-state index in [4.69, 9.17) is 20.1 Å². The van der Waals surface area contributed by atoms with Gasteiger partial charge in [0.05, 0.1) is 12.1 Å². The van der Waals surface area contributed by atoms with Gasteiger partial charge in [-0.15, -0.1) is 0 Å². The highest BCUT2D eigenvalue weighted by Crippen LogP contribution is 2.34. The molecule has 123 valence electrons. The Kier molecular flexibility index (Phi) is 6.99. The zero-order valence-electron chi connectivity index (χ0n) is 12.4. The zero-order valence-corrected chi connectivity index (χ0v) is 13.3. The van der Waals surface area contributed by atoms with Crippen LogP contribution >= 0.6 is 8.38 Å². The van der Waals surface area contributed by atoms with Gasteiger partial charge in [0.15, 0.2) is 8.38 Å². The average Bonchev–Trinajstić information content (AvgIpc) is 2.84. The van der Waals surface area contributed by atoms with Gasteiger partial charge in [-0.1, -0.05) is 5.11 Å². The second-order valence-electron chi connectivity index (χ2n) is 5.00. The number of nitrogens with one attached hydrogen (secondary N) is 1. The highest BCUT2D eigenvalue weighted by molar-refractivity contribution is 7.45. The van der Waals surface area contributed by atoms with Crippen molar-refractivity contribution in [3.05, 3.63) is 43.0 Å².